The molecule has 3 fully saturated rings. The smallest absolute Gasteiger partial charge is 0.348 e. The molecule has 2 spiro atoms. The number of carbonyl (C=O) groups excluding carboxylic acids is 6. The van der Waals surface area contributed by atoms with Gasteiger partial charge >= 0.3 is 29.8 Å². The van der Waals surface area contributed by atoms with Crippen LogP contribution in [0.25, 0.3) is 0 Å². The lowest BCUT2D eigenvalue weighted by molar-refractivity contribution is -0.291. The molecule has 2 unspecified atom stereocenters. The van der Waals surface area contributed by atoms with Gasteiger partial charge in [0.25, 0.3) is 23.3 Å². The normalized spacial score (nSPS) is 28.5. The topological polar surface area (TPSA) is 198 Å². The second kappa shape index (κ2) is 14.7. The summed E-state index contributed by atoms with van der Waals surface area (Å²) in [5.41, 5.74) is -1.00. The quantitative estimate of drug-likeness (QED) is 0.113. The number of esters is 5. The Labute approximate surface area is 275 Å². The minimum atomic E-state index is -1.63. The van der Waals surface area contributed by atoms with E-state index in [0.29, 0.717) is 0 Å². The Morgan fingerprint density at radius 1 is 0.729 bits per heavy atom. The minimum Gasteiger partial charge on any atom is -0.480 e. The Morgan fingerprint density at radius 3 is 1.65 bits per heavy atom. The van der Waals surface area contributed by atoms with Gasteiger partial charge < -0.3 is 38.6 Å². The van der Waals surface area contributed by atoms with Crippen molar-refractivity contribution < 1.29 is 67.4 Å². The molecule has 4 aliphatic rings. The van der Waals surface area contributed by atoms with Crippen LogP contribution < -0.4 is 0 Å². The first kappa shape index (κ1) is 35.6. The Hall–Kier alpha value is -5.24. The van der Waals surface area contributed by atoms with E-state index in [1.165, 1.54) is 43.4 Å². The first-order valence-corrected chi connectivity index (χ1v) is 15.3. The largest absolute Gasteiger partial charge is 0.480 e. The van der Waals surface area contributed by atoms with Crippen LogP contribution in [0.3, 0.4) is 0 Å². The second-order valence-electron chi connectivity index (χ2n) is 11.4. The van der Waals surface area contributed by atoms with Gasteiger partial charge in [0.15, 0.2) is 5.78 Å². The zero-order valence-electron chi connectivity index (χ0n) is 26.6. The first-order valence-electron chi connectivity index (χ1n) is 15.3. The van der Waals surface area contributed by atoms with E-state index in [-0.39, 0.29) is 56.1 Å². The molecule has 14 nitrogen and oxygen atoms in total. The number of cyclic esters (lactones) is 1. The van der Waals surface area contributed by atoms with Crippen LogP contribution in [0, 0.1) is 0 Å². The SMILES string of the molecule is C/C=C/C=C/C=C1C(=O)OC2(CCC3(CC2)OC(=O)C(=CC=CC=CC2=C(O)OC(C)(CCC(=O)C(O)CC)OC2=O)C(=O)O3)OC1=O. The van der Waals surface area contributed by atoms with Crippen molar-refractivity contribution in [2.75, 3.05) is 0 Å². The molecule has 3 heterocycles. The van der Waals surface area contributed by atoms with Crippen LogP contribution in [-0.4, -0.2) is 69.3 Å². The summed E-state index contributed by atoms with van der Waals surface area (Å²) in [7, 11) is 0. The molecule has 0 aromatic rings. The standard InChI is InChI=1S/C34H36O14/c1-4-6-7-9-12-22-28(39)45-33(46-29(22)40)17-19-34(20-18-33)47-30(41)23(31(42)48-34)14-11-8-10-13-21-26(37)43-32(3,44-27(21)38)16-15-25(36)24(35)5-2/h4,6-14,24,35,37H,5,15-20H2,1-3H3/b6-4+,9-7+,11-8?,13-10?,22-12?,23-14?. The highest BCUT2D eigenvalue weighted by molar-refractivity contribution is 6.16. The molecule has 2 atom stereocenters. The van der Waals surface area contributed by atoms with Gasteiger partial charge in [0.1, 0.15) is 22.8 Å². The fourth-order valence-corrected chi connectivity index (χ4v) is 5.10. The minimum absolute atomic E-state index is 0.0788. The van der Waals surface area contributed by atoms with Crippen LogP contribution in [0.15, 0.2) is 83.4 Å². The van der Waals surface area contributed by atoms with Crippen LogP contribution in [0.1, 0.15) is 65.7 Å². The van der Waals surface area contributed by atoms with Gasteiger partial charge in [-0.15, -0.1) is 0 Å². The number of allylic oxidation sites excluding steroid dienone is 9. The number of ether oxygens (including phenoxy) is 6. The molecule has 0 amide bonds. The molecule has 1 saturated carbocycles. The van der Waals surface area contributed by atoms with E-state index < -0.39 is 70.6 Å². The summed E-state index contributed by atoms with van der Waals surface area (Å²) in [6, 6.07) is 0. The lowest BCUT2D eigenvalue weighted by Crippen LogP contribution is -2.56. The molecule has 0 aromatic heterocycles. The molecular formula is C34H36O14. The molecule has 4 rings (SSSR count). The van der Waals surface area contributed by atoms with Gasteiger partial charge in [-0.2, -0.15) is 0 Å². The van der Waals surface area contributed by atoms with E-state index in [4.69, 9.17) is 28.4 Å². The number of ketones is 1. The Morgan fingerprint density at radius 2 is 1.21 bits per heavy atom. The number of carbonyl (C=O) groups is 6. The number of hydrogen-bond donors (Lipinski definition) is 2. The van der Waals surface area contributed by atoms with E-state index in [0.717, 1.165) is 6.08 Å². The van der Waals surface area contributed by atoms with Crippen LogP contribution in [0.5, 0.6) is 0 Å². The highest BCUT2D eigenvalue weighted by Gasteiger charge is 2.56. The number of aliphatic hydroxyl groups is 2. The van der Waals surface area contributed by atoms with Gasteiger partial charge in [-0.05, 0) is 31.6 Å². The van der Waals surface area contributed by atoms with Crippen LogP contribution >= 0.6 is 0 Å². The van der Waals surface area contributed by atoms with E-state index >= 15 is 0 Å². The van der Waals surface area contributed by atoms with Gasteiger partial charge in [-0.1, -0.05) is 49.5 Å². The Balaban J connectivity index is 1.32. The molecular weight excluding hydrogens is 632 g/mol. The molecule has 2 N–H and O–H groups in total. The summed E-state index contributed by atoms with van der Waals surface area (Å²) < 4.78 is 32.4. The van der Waals surface area contributed by atoms with Crippen molar-refractivity contribution in [3.63, 3.8) is 0 Å². The first-order chi connectivity index (χ1) is 22.7. The lowest BCUT2D eigenvalue weighted by Gasteiger charge is -2.45. The van der Waals surface area contributed by atoms with Crippen molar-refractivity contribution >= 4 is 35.6 Å². The summed E-state index contributed by atoms with van der Waals surface area (Å²) in [6.07, 6.45) is 12.7. The van der Waals surface area contributed by atoms with Gasteiger partial charge in [0, 0.05) is 45.4 Å². The van der Waals surface area contributed by atoms with Crippen LogP contribution in [0.4, 0.5) is 0 Å². The predicted octanol–water partition coefficient (Wildman–Crippen LogP) is 3.43. The average molecular weight is 669 g/mol. The van der Waals surface area contributed by atoms with E-state index in [9.17, 15) is 39.0 Å². The van der Waals surface area contributed by atoms with Crippen molar-refractivity contribution in [2.45, 2.75) is 89.2 Å². The maximum atomic E-state index is 12.8. The number of aliphatic hydroxyl groups excluding tert-OH is 2. The maximum absolute atomic E-state index is 12.8. The van der Waals surface area contributed by atoms with E-state index in [1.807, 2.05) is 6.92 Å². The van der Waals surface area contributed by atoms with Crippen LogP contribution in [-0.2, 0) is 57.2 Å². The van der Waals surface area contributed by atoms with Crippen molar-refractivity contribution in [3.8, 4) is 0 Å². The number of rotatable bonds is 10. The zero-order chi connectivity index (χ0) is 35.1. The van der Waals surface area contributed by atoms with Gasteiger partial charge in [-0.3, -0.25) is 4.79 Å². The molecule has 0 bridgehead atoms. The number of hydrogen-bond acceptors (Lipinski definition) is 14. The van der Waals surface area contributed by atoms with E-state index in [1.54, 1.807) is 25.2 Å². The summed E-state index contributed by atoms with van der Waals surface area (Å²) >= 11 is 0. The highest BCUT2D eigenvalue weighted by atomic mass is 16.8. The lowest BCUT2D eigenvalue weighted by atomic mass is 9.87. The highest BCUT2D eigenvalue weighted by Crippen LogP contribution is 2.45. The molecule has 0 radical (unpaired) electrons. The summed E-state index contributed by atoms with van der Waals surface area (Å²) in [4.78, 5) is 75.0. The zero-order valence-corrected chi connectivity index (χ0v) is 26.6. The van der Waals surface area contributed by atoms with Crippen molar-refractivity contribution in [2.24, 2.45) is 0 Å². The summed E-state index contributed by atoms with van der Waals surface area (Å²) in [5.74, 6) is -10.6. The second-order valence-corrected chi connectivity index (χ2v) is 11.4. The fraction of sp³-hybridized carbons (Fsp3) is 0.412. The average Bonchev–Trinajstić information content (AvgIpc) is 3.02. The summed E-state index contributed by atoms with van der Waals surface area (Å²) in [6.45, 7) is 4.83. The van der Waals surface area contributed by atoms with Gasteiger partial charge in [0.2, 0.25) is 0 Å². The molecule has 3 aliphatic heterocycles. The maximum Gasteiger partial charge on any atom is 0.348 e. The Bertz CT molecular complexity index is 1530. The third-order valence-corrected chi connectivity index (χ3v) is 7.85. The van der Waals surface area contributed by atoms with E-state index in [2.05, 4.69) is 0 Å². The molecule has 2 saturated heterocycles. The molecule has 14 heteroatoms. The molecule has 1 aliphatic carbocycles. The van der Waals surface area contributed by atoms with Gasteiger partial charge in [0.05, 0.1) is 0 Å². The van der Waals surface area contributed by atoms with Crippen LogP contribution in [0.2, 0.25) is 0 Å². The monoisotopic (exact) mass is 668 g/mol. The summed E-state index contributed by atoms with van der Waals surface area (Å²) in [5, 5.41) is 19.9. The third-order valence-electron chi connectivity index (χ3n) is 7.85. The van der Waals surface area contributed by atoms with Crippen molar-refractivity contribution in [1.29, 1.82) is 0 Å². The van der Waals surface area contributed by atoms with Crippen molar-refractivity contribution in [3.05, 3.63) is 83.4 Å². The fourth-order valence-electron chi connectivity index (χ4n) is 5.10. The predicted molar refractivity (Wildman–Crippen MR) is 162 cm³/mol. The van der Waals surface area contributed by atoms with Crippen molar-refractivity contribution in [1.82, 2.24) is 0 Å². The van der Waals surface area contributed by atoms with Gasteiger partial charge in [-0.25, -0.2) is 24.0 Å². The molecule has 0 aromatic carbocycles. The molecule has 48 heavy (non-hydrogen) atoms. The number of Topliss-reactive ketones (excluding diaryl/α,β-unsaturated/α-hetero) is 1. The molecule has 256 valence electrons. The Kier molecular flexibility index (Phi) is 10.9. The third kappa shape index (κ3) is 8.18.